The van der Waals surface area contributed by atoms with Crippen LogP contribution in [0, 0.1) is 32.1 Å². The van der Waals surface area contributed by atoms with Crippen LogP contribution < -0.4 is 0 Å². The van der Waals surface area contributed by atoms with E-state index in [1.165, 1.54) is 5.56 Å². The summed E-state index contributed by atoms with van der Waals surface area (Å²) in [5.74, 6) is 1.62. The Balaban J connectivity index is 1.60. The van der Waals surface area contributed by atoms with Crippen molar-refractivity contribution in [3.05, 3.63) is 95.2 Å². The van der Waals surface area contributed by atoms with E-state index in [9.17, 15) is 5.26 Å². The molecule has 4 heterocycles. The molecule has 0 fully saturated rings. The van der Waals surface area contributed by atoms with Crippen molar-refractivity contribution >= 4 is 12.1 Å². The van der Waals surface area contributed by atoms with E-state index in [4.69, 9.17) is 13.3 Å². The number of nitrogens with zero attached hydrogens (tertiary/aromatic N) is 3. The van der Waals surface area contributed by atoms with Crippen molar-refractivity contribution in [1.29, 1.82) is 5.26 Å². The Hall–Kier alpha value is -4.50. The minimum absolute atomic E-state index is 0.204. The van der Waals surface area contributed by atoms with Crippen LogP contribution in [-0.2, 0) is 0 Å². The van der Waals surface area contributed by atoms with Crippen LogP contribution >= 0.6 is 0 Å². The van der Waals surface area contributed by atoms with Gasteiger partial charge in [-0.15, -0.1) is 0 Å². The second-order valence-electron chi connectivity index (χ2n) is 7.81. The smallest absolute Gasteiger partial charge is 0.238 e. The average molecular weight is 435 g/mol. The minimum atomic E-state index is 0.204. The topological polar surface area (TPSA) is 80.5 Å². The van der Waals surface area contributed by atoms with E-state index >= 15 is 0 Å². The molecule has 4 aromatic heterocycles. The fraction of sp³-hybridized carbons (Fsp3) is 0.111. The lowest BCUT2D eigenvalue weighted by Gasteiger charge is -2.10. The molecule has 0 aliphatic heterocycles. The molecule has 0 saturated heterocycles. The molecule has 33 heavy (non-hydrogen) atoms. The molecule has 0 N–H and O–H groups in total. The van der Waals surface area contributed by atoms with Crippen molar-refractivity contribution in [2.75, 3.05) is 0 Å². The van der Waals surface area contributed by atoms with Gasteiger partial charge in [0.25, 0.3) is 0 Å². The molecular weight excluding hydrogens is 414 g/mol. The zero-order valence-electron chi connectivity index (χ0n) is 18.5. The van der Waals surface area contributed by atoms with Crippen LogP contribution in [0.5, 0.6) is 0 Å². The summed E-state index contributed by atoms with van der Waals surface area (Å²) in [6.07, 6.45) is 4.84. The predicted molar refractivity (Wildman–Crippen MR) is 126 cm³/mol. The van der Waals surface area contributed by atoms with Gasteiger partial charge in [0.2, 0.25) is 5.88 Å². The van der Waals surface area contributed by atoms with Gasteiger partial charge in [-0.1, -0.05) is 12.1 Å². The Morgan fingerprint density at radius 2 is 1.70 bits per heavy atom. The van der Waals surface area contributed by atoms with Crippen LogP contribution in [0.25, 0.3) is 28.5 Å². The fourth-order valence-electron chi connectivity index (χ4n) is 4.06. The van der Waals surface area contributed by atoms with Crippen molar-refractivity contribution in [3.8, 4) is 34.6 Å². The molecule has 0 aliphatic carbocycles. The lowest BCUT2D eigenvalue weighted by atomic mass is 10.1. The van der Waals surface area contributed by atoms with Crippen molar-refractivity contribution in [1.82, 2.24) is 4.57 Å². The van der Waals surface area contributed by atoms with Gasteiger partial charge in [-0.05, 0) is 68.8 Å². The largest absolute Gasteiger partial charge is 0.464 e. The number of aryl methyl sites for hydroxylation is 2. The van der Waals surface area contributed by atoms with Crippen molar-refractivity contribution in [3.63, 3.8) is 0 Å². The van der Waals surface area contributed by atoms with E-state index in [1.807, 2.05) is 13.0 Å². The van der Waals surface area contributed by atoms with Gasteiger partial charge in [-0.2, -0.15) is 5.26 Å². The number of furan rings is 3. The first-order chi connectivity index (χ1) is 16.1. The van der Waals surface area contributed by atoms with Crippen LogP contribution in [0.4, 0.5) is 5.88 Å². The van der Waals surface area contributed by atoms with Crippen LogP contribution in [0.3, 0.4) is 0 Å². The molecule has 0 bridgehead atoms. The Morgan fingerprint density at radius 3 is 2.36 bits per heavy atom. The molecule has 162 valence electrons. The van der Waals surface area contributed by atoms with E-state index in [2.05, 4.69) is 53.7 Å². The molecule has 6 heteroatoms. The Kier molecular flexibility index (Phi) is 5.08. The molecule has 0 radical (unpaired) electrons. The molecule has 0 saturated carbocycles. The number of hydrogen-bond acceptors (Lipinski definition) is 5. The third kappa shape index (κ3) is 3.60. The molecule has 0 unspecified atom stereocenters. The second kappa shape index (κ2) is 8.21. The van der Waals surface area contributed by atoms with Crippen molar-refractivity contribution in [2.45, 2.75) is 20.8 Å². The predicted octanol–water partition coefficient (Wildman–Crippen LogP) is 7.14. The summed E-state index contributed by atoms with van der Waals surface area (Å²) in [6, 6.07) is 19.7. The molecule has 1 aromatic carbocycles. The van der Waals surface area contributed by atoms with Crippen LogP contribution in [-0.4, -0.2) is 10.8 Å². The maximum atomic E-state index is 9.92. The average Bonchev–Trinajstić information content (AvgIpc) is 3.59. The van der Waals surface area contributed by atoms with Crippen LogP contribution in [0.1, 0.15) is 28.1 Å². The van der Waals surface area contributed by atoms with Gasteiger partial charge in [0.05, 0.1) is 18.1 Å². The summed E-state index contributed by atoms with van der Waals surface area (Å²) in [5.41, 5.74) is 6.18. The zero-order valence-corrected chi connectivity index (χ0v) is 18.5. The van der Waals surface area contributed by atoms with Gasteiger partial charge in [0, 0.05) is 28.9 Å². The number of aromatic nitrogens is 1. The molecule has 5 aromatic rings. The molecule has 5 rings (SSSR count). The molecule has 0 spiro atoms. The van der Waals surface area contributed by atoms with E-state index in [0.717, 1.165) is 22.6 Å². The van der Waals surface area contributed by atoms with E-state index in [1.54, 1.807) is 43.0 Å². The first-order valence-electron chi connectivity index (χ1n) is 10.5. The summed E-state index contributed by atoms with van der Waals surface area (Å²) >= 11 is 0. The highest BCUT2D eigenvalue weighted by molar-refractivity contribution is 5.88. The van der Waals surface area contributed by atoms with E-state index < -0.39 is 0 Å². The first kappa shape index (κ1) is 20.4. The van der Waals surface area contributed by atoms with Crippen LogP contribution in [0.2, 0.25) is 0 Å². The second-order valence-corrected chi connectivity index (χ2v) is 7.81. The third-order valence-electron chi connectivity index (χ3n) is 5.57. The summed E-state index contributed by atoms with van der Waals surface area (Å²) in [4.78, 5) is 4.56. The summed E-state index contributed by atoms with van der Waals surface area (Å²) < 4.78 is 19.3. The van der Waals surface area contributed by atoms with Gasteiger partial charge >= 0.3 is 0 Å². The van der Waals surface area contributed by atoms with Crippen molar-refractivity contribution in [2.24, 2.45) is 4.99 Å². The first-order valence-corrected chi connectivity index (χ1v) is 10.5. The van der Waals surface area contributed by atoms with Gasteiger partial charge in [-0.3, -0.25) is 0 Å². The normalized spacial score (nSPS) is 11.3. The zero-order chi connectivity index (χ0) is 22.9. The Morgan fingerprint density at radius 1 is 0.939 bits per heavy atom. The number of hydrogen-bond donors (Lipinski definition) is 0. The third-order valence-corrected chi connectivity index (χ3v) is 5.57. The number of nitriles is 1. The number of benzene rings is 1. The minimum Gasteiger partial charge on any atom is -0.464 e. The highest BCUT2D eigenvalue weighted by Crippen LogP contribution is 2.42. The Labute approximate surface area is 191 Å². The summed E-state index contributed by atoms with van der Waals surface area (Å²) in [7, 11) is 0. The van der Waals surface area contributed by atoms with Crippen LogP contribution in [0.15, 0.2) is 85.4 Å². The van der Waals surface area contributed by atoms with Gasteiger partial charge < -0.3 is 17.8 Å². The van der Waals surface area contributed by atoms with Gasteiger partial charge in [-0.25, -0.2) is 4.99 Å². The number of rotatable bonds is 5. The maximum absolute atomic E-state index is 9.92. The molecule has 0 aliphatic rings. The standard InChI is InChI=1S/C27H21N3O3/c1-17-7-4-8-21(13-17)30-18(2)14-20(19(30)3)16-29-27-22(15-28)25(23-9-5-11-31-23)26(33-27)24-10-6-12-32-24/h4-14,16H,1-3H3. The lowest BCUT2D eigenvalue weighted by Crippen LogP contribution is -1.99. The number of aliphatic imine (C=N–C) groups is 1. The molecule has 0 atom stereocenters. The summed E-state index contributed by atoms with van der Waals surface area (Å²) in [6.45, 7) is 6.18. The monoisotopic (exact) mass is 435 g/mol. The highest BCUT2D eigenvalue weighted by Gasteiger charge is 2.26. The maximum Gasteiger partial charge on any atom is 0.238 e. The SMILES string of the molecule is Cc1cccc(-n2c(C)cc(C=Nc3oc(-c4ccco4)c(-c4ccco4)c3C#N)c2C)c1. The molecular formula is C27H21N3O3. The summed E-state index contributed by atoms with van der Waals surface area (Å²) in [5, 5.41) is 9.92. The van der Waals surface area contributed by atoms with Gasteiger partial charge in [0.1, 0.15) is 17.4 Å². The quantitative estimate of drug-likeness (QED) is 0.275. The molecule has 0 amide bonds. The highest BCUT2D eigenvalue weighted by atomic mass is 16.4. The van der Waals surface area contributed by atoms with E-state index in [0.29, 0.717) is 28.4 Å². The fourth-order valence-corrected chi connectivity index (χ4v) is 4.06. The van der Waals surface area contributed by atoms with E-state index in [-0.39, 0.29) is 5.88 Å². The Bertz CT molecular complexity index is 1490. The van der Waals surface area contributed by atoms with Crippen molar-refractivity contribution < 1.29 is 13.3 Å². The van der Waals surface area contributed by atoms with Gasteiger partial charge in [0.15, 0.2) is 11.5 Å². The molecule has 6 nitrogen and oxygen atoms in total. The lowest BCUT2D eigenvalue weighted by molar-refractivity contribution is 0.527.